The summed E-state index contributed by atoms with van der Waals surface area (Å²) in [5.74, 6) is -2.37. The fraction of sp³-hybridized carbons (Fsp3) is 0.808. The average Bonchev–Trinajstić information content (AvgIpc) is 2.95. The summed E-state index contributed by atoms with van der Waals surface area (Å²) >= 11 is 0. The van der Waals surface area contributed by atoms with Gasteiger partial charge in [0.15, 0.2) is 0 Å². The molecule has 0 aromatic heterocycles. The number of nitrogens with one attached hydrogen (secondary N) is 1. The van der Waals surface area contributed by atoms with Crippen molar-refractivity contribution in [2.24, 2.45) is 29.1 Å². The Balaban J connectivity index is 2.35. The molecule has 0 bridgehead atoms. The lowest BCUT2D eigenvalue weighted by atomic mass is 9.70. The van der Waals surface area contributed by atoms with Crippen LogP contribution in [-0.4, -0.2) is 59.1 Å². The van der Waals surface area contributed by atoms with Gasteiger partial charge in [-0.05, 0) is 57.8 Å². The summed E-state index contributed by atoms with van der Waals surface area (Å²) in [6.07, 6.45) is 6.82. The van der Waals surface area contributed by atoms with Crippen LogP contribution in [0, 0.1) is 29.1 Å². The van der Waals surface area contributed by atoms with Crippen molar-refractivity contribution in [3.05, 3.63) is 12.2 Å². The number of allylic oxidation sites excluding steroid dienone is 1. The maximum Gasteiger partial charge on any atom is 0.310 e. The van der Waals surface area contributed by atoms with Crippen molar-refractivity contribution in [1.29, 1.82) is 0 Å². The first-order valence-corrected chi connectivity index (χ1v) is 12.4. The molecular formula is C26H44N2O5. The Morgan fingerprint density at radius 1 is 1.12 bits per heavy atom. The van der Waals surface area contributed by atoms with Crippen LogP contribution in [0.5, 0.6) is 0 Å². The molecule has 2 N–H and O–H groups in total. The van der Waals surface area contributed by atoms with Gasteiger partial charge in [0.25, 0.3) is 0 Å². The Kier molecular flexibility index (Phi) is 9.14. The number of fused-ring (bicyclic) bond motifs is 1. The van der Waals surface area contributed by atoms with Gasteiger partial charge in [-0.3, -0.25) is 14.4 Å². The van der Waals surface area contributed by atoms with Crippen LogP contribution >= 0.6 is 0 Å². The first-order valence-electron chi connectivity index (χ1n) is 12.4. The molecule has 188 valence electrons. The zero-order chi connectivity index (χ0) is 25.0. The molecule has 2 amide bonds. The molecule has 1 aliphatic carbocycles. The summed E-state index contributed by atoms with van der Waals surface area (Å²) in [4.78, 5) is 41.7. The van der Waals surface area contributed by atoms with Gasteiger partial charge in [0, 0.05) is 24.6 Å². The van der Waals surface area contributed by atoms with E-state index in [4.69, 9.17) is 9.84 Å². The molecule has 0 radical (unpaired) electrons. The van der Waals surface area contributed by atoms with E-state index in [0.717, 1.165) is 12.8 Å². The van der Waals surface area contributed by atoms with Gasteiger partial charge < -0.3 is 20.1 Å². The molecule has 1 heterocycles. The van der Waals surface area contributed by atoms with E-state index < -0.39 is 23.4 Å². The van der Waals surface area contributed by atoms with E-state index in [1.54, 1.807) is 11.8 Å². The molecule has 0 saturated carbocycles. The Labute approximate surface area is 199 Å². The van der Waals surface area contributed by atoms with E-state index in [1.807, 2.05) is 32.9 Å². The van der Waals surface area contributed by atoms with Gasteiger partial charge in [0.2, 0.25) is 11.8 Å². The second kappa shape index (κ2) is 11.0. The largest absolute Gasteiger partial charge is 0.466 e. The van der Waals surface area contributed by atoms with E-state index >= 15 is 0 Å². The summed E-state index contributed by atoms with van der Waals surface area (Å²) in [6.45, 7) is 14.9. The lowest BCUT2D eigenvalue weighted by molar-refractivity contribution is -0.155. The minimum absolute atomic E-state index is 0.0317. The van der Waals surface area contributed by atoms with Crippen molar-refractivity contribution in [1.82, 2.24) is 10.2 Å². The molecule has 2 rings (SSSR count). The first kappa shape index (κ1) is 27.4. The third-order valence-electron chi connectivity index (χ3n) is 6.59. The van der Waals surface area contributed by atoms with Gasteiger partial charge in [-0.2, -0.15) is 0 Å². The number of rotatable bonds is 10. The van der Waals surface area contributed by atoms with E-state index in [1.165, 1.54) is 0 Å². The highest BCUT2D eigenvalue weighted by molar-refractivity contribution is 5.96. The predicted molar refractivity (Wildman–Crippen MR) is 128 cm³/mol. The van der Waals surface area contributed by atoms with Gasteiger partial charge in [-0.15, -0.1) is 0 Å². The molecule has 0 spiro atoms. The number of likely N-dealkylation sites (tertiary alicyclic amines) is 1. The fourth-order valence-corrected chi connectivity index (χ4v) is 5.78. The van der Waals surface area contributed by atoms with Crippen LogP contribution in [-0.2, 0) is 19.1 Å². The molecule has 1 saturated heterocycles. The SMILES string of the molecule is CCOC(=O)[C@H]1[C@@H]2C(=O)N(CCCCCO)[C@H](C(=O)NC(C)(C)CC(C)(C)C)[C@H]2C=C[C@H]1C. The molecule has 1 fully saturated rings. The highest BCUT2D eigenvalue weighted by Gasteiger charge is 2.57. The fourth-order valence-electron chi connectivity index (χ4n) is 5.78. The van der Waals surface area contributed by atoms with Crippen molar-refractivity contribution < 1.29 is 24.2 Å². The molecule has 33 heavy (non-hydrogen) atoms. The monoisotopic (exact) mass is 464 g/mol. The molecule has 0 aromatic carbocycles. The standard InChI is InChI=1S/C26H44N2O5/c1-8-33-24(32)19-17(2)12-13-18-20(19)23(31)28(14-10-9-11-15-29)21(18)22(30)27-26(6,7)16-25(3,4)5/h12-13,17-21,29H,8-11,14-16H2,1-7H3,(H,27,30)/t17-,18+,19-,20-,21+/m1/s1. The maximum absolute atomic E-state index is 13.6. The van der Waals surface area contributed by atoms with Crippen molar-refractivity contribution in [2.45, 2.75) is 85.7 Å². The van der Waals surface area contributed by atoms with E-state index in [-0.39, 0.29) is 48.2 Å². The number of hydrogen-bond donors (Lipinski definition) is 2. The van der Waals surface area contributed by atoms with Gasteiger partial charge in [0.05, 0.1) is 18.4 Å². The first-order chi connectivity index (χ1) is 15.3. The number of esters is 1. The van der Waals surface area contributed by atoms with E-state index in [2.05, 4.69) is 26.1 Å². The third-order valence-corrected chi connectivity index (χ3v) is 6.59. The second-order valence-corrected chi connectivity index (χ2v) is 11.5. The van der Waals surface area contributed by atoms with Crippen LogP contribution in [0.15, 0.2) is 12.2 Å². The van der Waals surface area contributed by atoms with Crippen LogP contribution in [0.4, 0.5) is 0 Å². The van der Waals surface area contributed by atoms with Gasteiger partial charge in [-0.25, -0.2) is 0 Å². The number of hydrogen-bond acceptors (Lipinski definition) is 5. The number of carbonyl (C=O) groups excluding carboxylic acids is 3. The second-order valence-electron chi connectivity index (χ2n) is 11.5. The van der Waals surface area contributed by atoms with Crippen molar-refractivity contribution in [2.75, 3.05) is 19.8 Å². The quantitative estimate of drug-likeness (QED) is 0.294. The lowest BCUT2D eigenvalue weighted by Gasteiger charge is -2.36. The smallest absolute Gasteiger partial charge is 0.310 e. The molecule has 0 aromatic rings. The van der Waals surface area contributed by atoms with Gasteiger partial charge in [0.1, 0.15) is 6.04 Å². The molecule has 5 atom stereocenters. The molecular weight excluding hydrogens is 420 g/mol. The van der Waals surface area contributed by atoms with E-state index in [9.17, 15) is 14.4 Å². The topological polar surface area (TPSA) is 95.9 Å². The Bertz CT molecular complexity index is 739. The summed E-state index contributed by atoms with van der Waals surface area (Å²) in [5, 5.41) is 12.3. The Morgan fingerprint density at radius 2 is 1.79 bits per heavy atom. The summed E-state index contributed by atoms with van der Waals surface area (Å²) in [5.41, 5.74) is -0.408. The lowest BCUT2D eigenvalue weighted by Crippen LogP contribution is -2.54. The van der Waals surface area contributed by atoms with E-state index in [0.29, 0.717) is 19.4 Å². The van der Waals surface area contributed by atoms with Crippen LogP contribution in [0.1, 0.15) is 74.1 Å². The van der Waals surface area contributed by atoms with Crippen LogP contribution in [0.25, 0.3) is 0 Å². The zero-order valence-corrected chi connectivity index (χ0v) is 21.5. The number of nitrogens with zero attached hydrogens (tertiary/aromatic N) is 1. The number of ether oxygens (including phenoxy) is 1. The third kappa shape index (κ3) is 6.81. The van der Waals surface area contributed by atoms with Crippen molar-refractivity contribution >= 4 is 17.8 Å². The minimum Gasteiger partial charge on any atom is -0.466 e. The van der Waals surface area contributed by atoms with Crippen molar-refractivity contribution in [3.63, 3.8) is 0 Å². The molecule has 7 nitrogen and oxygen atoms in total. The number of aliphatic hydroxyl groups excluding tert-OH is 1. The summed E-state index contributed by atoms with van der Waals surface area (Å²) in [7, 11) is 0. The zero-order valence-electron chi connectivity index (χ0n) is 21.5. The van der Waals surface area contributed by atoms with Gasteiger partial charge in [-0.1, -0.05) is 39.8 Å². The van der Waals surface area contributed by atoms with Crippen molar-refractivity contribution in [3.8, 4) is 0 Å². The van der Waals surface area contributed by atoms with Crippen LogP contribution < -0.4 is 5.32 Å². The average molecular weight is 465 g/mol. The summed E-state index contributed by atoms with van der Waals surface area (Å²) in [6, 6.07) is -0.656. The number of amides is 2. The van der Waals surface area contributed by atoms with Crippen LogP contribution in [0.3, 0.4) is 0 Å². The molecule has 1 aliphatic heterocycles. The highest BCUT2D eigenvalue weighted by Crippen LogP contribution is 2.44. The summed E-state index contributed by atoms with van der Waals surface area (Å²) < 4.78 is 5.32. The number of aliphatic hydroxyl groups is 1. The normalized spacial score (nSPS) is 27.5. The Morgan fingerprint density at radius 3 is 2.36 bits per heavy atom. The highest BCUT2D eigenvalue weighted by atomic mass is 16.5. The molecule has 2 aliphatic rings. The maximum atomic E-state index is 13.6. The molecule has 0 unspecified atom stereocenters. The number of unbranched alkanes of at least 4 members (excludes halogenated alkanes) is 2. The molecule has 7 heteroatoms. The minimum atomic E-state index is -0.656. The number of carbonyl (C=O) groups is 3. The predicted octanol–water partition coefficient (Wildman–Crippen LogP) is 3.31. The Hall–Kier alpha value is -1.89. The van der Waals surface area contributed by atoms with Gasteiger partial charge >= 0.3 is 5.97 Å². The van der Waals surface area contributed by atoms with Crippen LogP contribution in [0.2, 0.25) is 0 Å².